The van der Waals surface area contributed by atoms with Crippen LogP contribution in [0.2, 0.25) is 0 Å². The Morgan fingerprint density at radius 2 is 0.689 bits per heavy atom. The van der Waals surface area contributed by atoms with Gasteiger partial charge in [0.15, 0.2) is 17.5 Å². The number of hydrogen-bond acceptors (Lipinski definition) is 4. The number of benzene rings is 9. The van der Waals surface area contributed by atoms with E-state index in [1.807, 2.05) is 42.5 Å². The van der Waals surface area contributed by atoms with Crippen LogP contribution in [0, 0.1) is 0 Å². The van der Waals surface area contributed by atoms with E-state index in [1.165, 1.54) is 16.3 Å². The SMILES string of the molecule is c1ccc(-c2ccc(-c3nc(-c4ccccc4)nc(-c4ccc(-c5ccc(-c6cc7ccccc7c7c6c(-c6ccccc6)nn7-c6ccccc6)cc5)cc4)n3)cc2)cc1. The molecule has 0 radical (unpaired) electrons. The minimum Gasteiger partial charge on any atom is -0.232 e. The van der Waals surface area contributed by atoms with Crippen molar-refractivity contribution in [1.82, 2.24) is 24.7 Å². The van der Waals surface area contributed by atoms with Gasteiger partial charge in [-0.3, -0.25) is 0 Å². The molecule has 61 heavy (non-hydrogen) atoms. The van der Waals surface area contributed by atoms with Crippen LogP contribution in [0.25, 0.3) is 106 Å². The minimum atomic E-state index is 0.628. The van der Waals surface area contributed by atoms with E-state index in [0.717, 1.165) is 72.4 Å². The van der Waals surface area contributed by atoms with Gasteiger partial charge in [-0.2, -0.15) is 5.10 Å². The average Bonchev–Trinajstić information content (AvgIpc) is 3.76. The van der Waals surface area contributed by atoms with E-state index in [2.05, 4.69) is 187 Å². The van der Waals surface area contributed by atoms with Gasteiger partial charge in [-0.15, -0.1) is 0 Å². The van der Waals surface area contributed by atoms with E-state index in [-0.39, 0.29) is 0 Å². The molecule has 11 aromatic rings. The van der Waals surface area contributed by atoms with Crippen LogP contribution in [-0.2, 0) is 0 Å². The van der Waals surface area contributed by atoms with Gasteiger partial charge >= 0.3 is 0 Å². The maximum atomic E-state index is 5.33. The van der Waals surface area contributed by atoms with Gasteiger partial charge in [0, 0.05) is 33.0 Å². The molecule has 5 nitrogen and oxygen atoms in total. The summed E-state index contributed by atoms with van der Waals surface area (Å²) in [4.78, 5) is 14.9. The molecule has 0 aliphatic carbocycles. The molecule has 0 spiro atoms. The number of hydrogen-bond donors (Lipinski definition) is 0. The van der Waals surface area contributed by atoms with Crippen molar-refractivity contribution in [1.29, 1.82) is 0 Å². The highest BCUT2D eigenvalue weighted by atomic mass is 15.3. The lowest BCUT2D eigenvalue weighted by Crippen LogP contribution is -2.00. The van der Waals surface area contributed by atoms with Gasteiger partial charge in [-0.05, 0) is 57.0 Å². The number of fused-ring (bicyclic) bond motifs is 3. The highest BCUT2D eigenvalue weighted by Gasteiger charge is 2.21. The highest BCUT2D eigenvalue weighted by Crippen LogP contribution is 2.42. The predicted octanol–water partition coefficient (Wildman–Crippen LogP) is 14.0. The second-order valence-electron chi connectivity index (χ2n) is 15.1. The fourth-order valence-electron chi connectivity index (χ4n) is 8.22. The Morgan fingerprint density at radius 3 is 1.21 bits per heavy atom. The van der Waals surface area contributed by atoms with Crippen molar-refractivity contribution in [2.45, 2.75) is 0 Å². The average molecular weight is 780 g/mol. The fourth-order valence-corrected chi connectivity index (χ4v) is 8.22. The molecule has 0 saturated carbocycles. The Bertz CT molecular complexity index is 3290. The summed E-state index contributed by atoms with van der Waals surface area (Å²) in [5, 5.41) is 8.79. The quantitative estimate of drug-likeness (QED) is 0.154. The third kappa shape index (κ3) is 6.84. The Morgan fingerprint density at radius 1 is 0.311 bits per heavy atom. The summed E-state index contributed by atoms with van der Waals surface area (Å²) in [5.41, 5.74) is 13.8. The van der Waals surface area contributed by atoms with E-state index < -0.39 is 0 Å². The predicted molar refractivity (Wildman–Crippen MR) is 250 cm³/mol. The largest absolute Gasteiger partial charge is 0.232 e. The first-order valence-electron chi connectivity index (χ1n) is 20.5. The van der Waals surface area contributed by atoms with Crippen molar-refractivity contribution in [2.75, 3.05) is 0 Å². The lowest BCUT2D eigenvalue weighted by molar-refractivity contribution is 0.918. The molecule has 0 fully saturated rings. The maximum absolute atomic E-state index is 5.33. The Hall–Kier alpha value is -8.28. The Balaban J connectivity index is 0.963. The van der Waals surface area contributed by atoms with Gasteiger partial charge in [-0.25, -0.2) is 19.6 Å². The first-order valence-corrected chi connectivity index (χ1v) is 20.5. The van der Waals surface area contributed by atoms with Crippen molar-refractivity contribution in [3.63, 3.8) is 0 Å². The Kier molecular flexibility index (Phi) is 9.10. The second-order valence-corrected chi connectivity index (χ2v) is 15.1. The first kappa shape index (κ1) is 35.8. The molecule has 11 rings (SSSR count). The normalized spacial score (nSPS) is 11.3. The van der Waals surface area contributed by atoms with Gasteiger partial charge in [0.25, 0.3) is 0 Å². The van der Waals surface area contributed by atoms with Crippen LogP contribution in [0.3, 0.4) is 0 Å². The molecule has 0 aliphatic rings. The zero-order valence-corrected chi connectivity index (χ0v) is 33.1. The Labute approximate surface area is 354 Å². The zero-order valence-electron chi connectivity index (χ0n) is 33.1. The highest BCUT2D eigenvalue weighted by molar-refractivity contribution is 6.17. The summed E-state index contributed by atoms with van der Waals surface area (Å²) in [6.07, 6.45) is 0. The van der Waals surface area contributed by atoms with Crippen LogP contribution in [-0.4, -0.2) is 24.7 Å². The third-order valence-corrected chi connectivity index (χ3v) is 11.3. The van der Waals surface area contributed by atoms with Crippen molar-refractivity contribution in [3.05, 3.63) is 224 Å². The van der Waals surface area contributed by atoms with Crippen LogP contribution >= 0.6 is 0 Å². The summed E-state index contributed by atoms with van der Waals surface area (Å²) >= 11 is 0. The number of rotatable bonds is 8. The van der Waals surface area contributed by atoms with Crippen molar-refractivity contribution in [2.24, 2.45) is 0 Å². The summed E-state index contributed by atoms with van der Waals surface area (Å²) in [7, 11) is 0. The molecule has 2 aromatic heterocycles. The molecule has 0 saturated heterocycles. The topological polar surface area (TPSA) is 56.5 Å². The standard InChI is InChI=1S/C56H37N5/c1-5-15-38(16-6-1)39-27-33-45(34-28-39)55-57-54(44-19-9-3-10-20-44)58-56(59-55)46-35-29-41(30-36-46)40-25-31-42(32-26-40)50-37-47-21-13-14-24-49(47)53-51(50)52(43-17-7-2-8-18-43)60-61(53)48-22-11-4-12-23-48/h1-37H. The third-order valence-electron chi connectivity index (χ3n) is 11.3. The summed E-state index contributed by atoms with van der Waals surface area (Å²) in [6, 6.07) is 78.1. The summed E-state index contributed by atoms with van der Waals surface area (Å²) in [5.74, 6) is 1.90. The maximum Gasteiger partial charge on any atom is 0.164 e. The van der Waals surface area contributed by atoms with Crippen LogP contribution in [0.4, 0.5) is 0 Å². The van der Waals surface area contributed by atoms with Crippen LogP contribution in [0.1, 0.15) is 0 Å². The number of aromatic nitrogens is 5. The molecule has 5 heteroatoms. The van der Waals surface area contributed by atoms with Crippen molar-refractivity contribution in [3.8, 4) is 84.5 Å². The number of para-hydroxylation sites is 1. The lowest BCUT2D eigenvalue weighted by Gasteiger charge is -2.12. The molecule has 0 bridgehead atoms. The van der Waals surface area contributed by atoms with Crippen molar-refractivity contribution >= 4 is 21.7 Å². The smallest absolute Gasteiger partial charge is 0.164 e. The van der Waals surface area contributed by atoms with Gasteiger partial charge in [0.05, 0.1) is 11.2 Å². The molecule has 0 aliphatic heterocycles. The van der Waals surface area contributed by atoms with Gasteiger partial charge in [-0.1, -0.05) is 206 Å². The molecule has 0 N–H and O–H groups in total. The van der Waals surface area contributed by atoms with Gasteiger partial charge in [0.2, 0.25) is 0 Å². The number of nitrogens with zero attached hydrogens (tertiary/aromatic N) is 5. The molecule has 0 unspecified atom stereocenters. The summed E-state index contributed by atoms with van der Waals surface area (Å²) in [6.45, 7) is 0. The monoisotopic (exact) mass is 779 g/mol. The van der Waals surface area contributed by atoms with E-state index in [0.29, 0.717) is 17.5 Å². The molecule has 286 valence electrons. The molecule has 9 aromatic carbocycles. The lowest BCUT2D eigenvalue weighted by atomic mass is 9.92. The second kappa shape index (κ2) is 15.5. The van der Waals surface area contributed by atoms with E-state index in [9.17, 15) is 0 Å². The van der Waals surface area contributed by atoms with Crippen LogP contribution in [0.5, 0.6) is 0 Å². The van der Waals surface area contributed by atoms with Crippen LogP contribution < -0.4 is 0 Å². The van der Waals surface area contributed by atoms with Gasteiger partial charge < -0.3 is 0 Å². The minimum absolute atomic E-state index is 0.628. The van der Waals surface area contributed by atoms with E-state index >= 15 is 0 Å². The summed E-state index contributed by atoms with van der Waals surface area (Å²) < 4.78 is 2.11. The zero-order chi connectivity index (χ0) is 40.5. The fraction of sp³-hybridized carbons (Fsp3) is 0. The van der Waals surface area contributed by atoms with Gasteiger partial charge in [0.1, 0.15) is 5.69 Å². The molecule has 0 amide bonds. The molecular weight excluding hydrogens is 743 g/mol. The van der Waals surface area contributed by atoms with E-state index in [4.69, 9.17) is 20.1 Å². The molecule has 0 atom stereocenters. The van der Waals surface area contributed by atoms with E-state index in [1.54, 1.807) is 0 Å². The molecule has 2 heterocycles. The van der Waals surface area contributed by atoms with Crippen molar-refractivity contribution < 1.29 is 0 Å². The first-order chi connectivity index (χ1) is 30.2. The molecular formula is C56H37N5. The van der Waals surface area contributed by atoms with Crippen LogP contribution in [0.15, 0.2) is 224 Å².